The second kappa shape index (κ2) is 9.59. The summed E-state index contributed by atoms with van der Waals surface area (Å²) in [6, 6.07) is 10.0. The first kappa shape index (κ1) is 18.7. The molecule has 0 unspecified atom stereocenters. The molecule has 1 aliphatic heterocycles. The van der Waals surface area contributed by atoms with Crippen molar-refractivity contribution in [2.45, 2.75) is 32.4 Å². The second-order valence-electron chi connectivity index (χ2n) is 6.40. The molecule has 0 radical (unpaired) electrons. The largest absolute Gasteiger partial charge is 0.493 e. The SMILES string of the molecule is COc1cc(CNCc2cccs2)ccc1OCC(=O)N1CCCCC1. The van der Waals surface area contributed by atoms with Crippen LogP contribution in [0, 0.1) is 0 Å². The summed E-state index contributed by atoms with van der Waals surface area (Å²) in [5.74, 6) is 1.32. The van der Waals surface area contributed by atoms with Crippen LogP contribution >= 0.6 is 11.3 Å². The maximum Gasteiger partial charge on any atom is 0.260 e. The number of methoxy groups -OCH3 is 1. The van der Waals surface area contributed by atoms with E-state index in [0.717, 1.165) is 44.6 Å². The zero-order chi connectivity index (χ0) is 18.2. The summed E-state index contributed by atoms with van der Waals surface area (Å²) in [5.41, 5.74) is 1.12. The third-order valence-electron chi connectivity index (χ3n) is 4.50. The highest BCUT2D eigenvalue weighted by Gasteiger charge is 2.17. The van der Waals surface area contributed by atoms with E-state index >= 15 is 0 Å². The lowest BCUT2D eigenvalue weighted by atomic mass is 10.1. The van der Waals surface area contributed by atoms with Crippen molar-refractivity contribution in [1.82, 2.24) is 10.2 Å². The molecule has 26 heavy (non-hydrogen) atoms. The minimum Gasteiger partial charge on any atom is -0.493 e. The smallest absolute Gasteiger partial charge is 0.260 e. The monoisotopic (exact) mass is 374 g/mol. The van der Waals surface area contributed by atoms with Crippen LogP contribution in [0.2, 0.25) is 0 Å². The Kier molecular flexibility index (Phi) is 6.91. The zero-order valence-corrected chi connectivity index (χ0v) is 16.0. The van der Waals surface area contributed by atoms with E-state index < -0.39 is 0 Å². The highest BCUT2D eigenvalue weighted by Crippen LogP contribution is 2.28. The molecule has 1 fully saturated rings. The van der Waals surface area contributed by atoms with Crippen LogP contribution in [0.15, 0.2) is 35.7 Å². The summed E-state index contributed by atoms with van der Waals surface area (Å²) < 4.78 is 11.2. The summed E-state index contributed by atoms with van der Waals surface area (Å²) in [6.07, 6.45) is 3.38. The van der Waals surface area contributed by atoms with Crippen LogP contribution in [0.25, 0.3) is 0 Å². The normalized spacial score (nSPS) is 14.3. The molecule has 1 aliphatic rings. The number of rotatable bonds is 8. The van der Waals surface area contributed by atoms with Gasteiger partial charge in [-0.1, -0.05) is 12.1 Å². The third-order valence-corrected chi connectivity index (χ3v) is 5.37. The summed E-state index contributed by atoms with van der Waals surface area (Å²) >= 11 is 1.75. The number of hydrogen-bond donors (Lipinski definition) is 1. The van der Waals surface area contributed by atoms with Crippen molar-refractivity contribution in [2.75, 3.05) is 26.8 Å². The van der Waals surface area contributed by atoms with Gasteiger partial charge in [-0.3, -0.25) is 4.79 Å². The van der Waals surface area contributed by atoms with Gasteiger partial charge in [-0.15, -0.1) is 11.3 Å². The Bertz CT molecular complexity index is 697. The van der Waals surface area contributed by atoms with Crippen LogP contribution < -0.4 is 14.8 Å². The van der Waals surface area contributed by atoms with Gasteiger partial charge in [0.2, 0.25) is 0 Å². The minimum atomic E-state index is 0.0495. The van der Waals surface area contributed by atoms with Gasteiger partial charge in [0, 0.05) is 31.1 Å². The van der Waals surface area contributed by atoms with Gasteiger partial charge >= 0.3 is 0 Å². The van der Waals surface area contributed by atoms with Crippen molar-refractivity contribution < 1.29 is 14.3 Å². The van der Waals surface area contributed by atoms with E-state index in [0.29, 0.717) is 11.5 Å². The number of piperidine rings is 1. The maximum absolute atomic E-state index is 12.2. The van der Waals surface area contributed by atoms with E-state index in [1.807, 2.05) is 23.1 Å². The number of nitrogens with zero attached hydrogens (tertiary/aromatic N) is 1. The molecule has 0 spiro atoms. The molecule has 0 atom stereocenters. The van der Waals surface area contributed by atoms with Gasteiger partial charge in [0.1, 0.15) is 0 Å². The fourth-order valence-electron chi connectivity index (χ4n) is 3.06. The molecule has 3 rings (SSSR count). The Morgan fingerprint density at radius 3 is 2.73 bits per heavy atom. The lowest BCUT2D eigenvalue weighted by Gasteiger charge is -2.26. The van der Waals surface area contributed by atoms with Crippen LogP contribution in [-0.4, -0.2) is 37.6 Å². The molecule has 2 heterocycles. The Morgan fingerprint density at radius 1 is 1.15 bits per heavy atom. The number of carbonyl (C=O) groups is 1. The zero-order valence-electron chi connectivity index (χ0n) is 15.2. The van der Waals surface area contributed by atoms with Crippen LogP contribution in [0.5, 0.6) is 11.5 Å². The molecule has 6 heteroatoms. The lowest BCUT2D eigenvalue weighted by molar-refractivity contribution is -0.134. The van der Waals surface area contributed by atoms with Crippen molar-refractivity contribution in [3.63, 3.8) is 0 Å². The lowest BCUT2D eigenvalue weighted by Crippen LogP contribution is -2.38. The summed E-state index contributed by atoms with van der Waals surface area (Å²) in [7, 11) is 1.62. The highest BCUT2D eigenvalue weighted by molar-refractivity contribution is 7.09. The van der Waals surface area contributed by atoms with Crippen LogP contribution in [0.4, 0.5) is 0 Å². The number of ether oxygens (including phenoxy) is 2. The number of likely N-dealkylation sites (tertiary alicyclic amines) is 1. The number of amides is 1. The predicted octanol–water partition coefficient (Wildman–Crippen LogP) is 3.44. The topological polar surface area (TPSA) is 50.8 Å². The predicted molar refractivity (Wildman–Crippen MR) is 104 cm³/mol. The number of thiophene rings is 1. The van der Waals surface area contributed by atoms with Gasteiger partial charge < -0.3 is 19.7 Å². The average molecular weight is 375 g/mol. The first-order valence-corrected chi connectivity index (χ1v) is 9.95. The molecule has 0 saturated carbocycles. The second-order valence-corrected chi connectivity index (χ2v) is 7.43. The fraction of sp³-hybridized carbons (Fsp3) is 0.450. The van der Waals surface area contributed by atoms with Gasteiger partial charge in [0.25, 0.3) is 5.91 Å². The fourth-order valence-corrected chi connectivity index (χ4v) is 3.73. The molecule has 0 bridgehead atoms. The molecule has 1 amide bonds. The van der Waals surface area contributed by atoms with E-state index in [1.165, 1.54) is 11.3 Å². The van der Waals surface area contributed by atoms with E-state index in [4.69, 9.17) is 9.47 Å². The molecule has 140 valence electrons. The van der Waals surface area contributed by atoms with E-state index in [-0.39, 0.29) is 12.5 Å². The van der Waals surface area contributed by atoms with Crippen LogP contribution in [0.3, 0.4) is 0 Å². The van der Waals surface area contributed by atoms with Crippen LogP contribution in [-0.2, 0) is 17.9 Å². The molecule has 1 aromatic heterocycles. The molecule has 5 nitrogen and oxygen atoms in total. The number of nitrogens with one attached hydrogen (secondary N) is 1. The first-order valence-electron chi connectivity index (χ1n) is 9.07. The van der Waals surface area contributed by atoms with E-state index in [1.54, 1.807) is 18.4 Å². The van der Waals surface area contributed by atoms with Gasteiger partial charge in [-0.05, 0) is 48.4 Å². The van der Waals surface area contributed by atoms with Crippen molar-refractivity contribution >= 4 is 17.2 Å². The molecule has 1 N–H and O–H groups in total. The maximum atomic E-state index is 12.2. The van der Waals surface area contributed by atoms with Crippen molar-refractivity contribution in [3.8, 4) is 11.5 Å². The molecule has 2 aromatic rings. The van der Waals surface area contributed by atoms with Crippen molar-refractivity contribution in [1.29, 1.82) is 0 Å². The number of hydrogen-bond acceptors (Lipinski definition) is 5. The Morgan fingerprint density at radius 2 is 2.00 bits per heavy atom. The summed E-state index contributed by atoms with van der Waals surface area (Å²) in [6.45, 7) is 3.35. The summed E-state index contributed by atoms with van der Waals surface area (Å²) in [4.78, 5) is 15.4. The molecule has 1 saturated heterocycles. The quantitative estimate of drug-likeness (QED) is 0.769. The first-order chi connectivity index (χ1) is 12.8. The molecular weight excluding hydrogens is 348 g/mol. The minimum absolute atomic E-state index is 0.0495. The molecule has 0 aliphatic carbocycles. The van der Waals surface area contributed by atoms with Crippen molar-refractivity contribution in [2.24, 2.45) is 0 Å². The van der Waals surface area contributed by atoms with Gasteiger partial charge in [0.05, 0.1) is 7.11 Å². The Hall–Kier alpha value is -2.05. The molecule has 1 aromatic carbocycles. The molecular formula is C20H26N2O3S. The Balaban J connectivity index is 1.51. The van der Waals surface area contributed by atoms with Gasteiger partial charge in [0.15, 0.2) is 18.1 Å². The average Bonchev–Trinajstić information content (AvgIpc) is 3.20. The van der Waals surface area contributed by atoms with E-state index in [2.05, 4.69) is 22.8 Å². The van der Waals surface area contributed by atoms with Crippen LogP contribution in [0.1, 0.15) is 29.7 Å². The van der Waals surface area contributed by atoms with Gasteiger partial charge in [-0.2, -0.15) is 0 Å². The Labute approximate surface area is 158 Å². The summed E-state index contributed by atoms with van der Waals surface area (Å²) in [5, 5.41) is 5.50. The third kappa shape index (κ3) is 5.22. The standard InChI is InChI=1S/C20H26N2O3S/c1-24-19-12-16(13-21-14-17-6-5-11-26-17)7-8-18(19)25-15-20(23)22-9-3-2-4-10-22/h5-8,11-12,21H,2-4,9-10,13-15H2,1H3. The van der Waals surface area contributed by atoms with E-state index in [9.17, 15) is 4.79 Å². The van der Waals surface area contributed by atoms with Crippen molar-refractivity contribution in [3.05, 3.63) is 46.2 Å². The number of benzene rings is 1. The van der Waals surface area contributed by atoms with Gasteiger partial charge in [-0.25, -0.2) is 0 Å². The number of carbonyl (C=O) groups excluding carboxylic acids is 1. The highest BCUT2D eigenvalue weighted by atomic mass is 32.1.